The average Bonchev–Trinajstić information content (AvgIpc) is 3.05. The number of benzene rings is 2. The van der Waals surface area contributed by atoms with Crippen LogP contribution in [0.2, 0.25) is 5.02 Å². The monoisotopic (exact) mass is 567 g/mol. The van der Waals surface area contributed by atoms with Crippen molar-refractivity contribution in [2.75, 3.05) is 13.2 Å². The highest BCUT2D eigenvalue weighted by Gasteiger charge is 2.32. The van der Waals surface area contributed by atoms with Gasteiger partial charge < -0.3 is 9.47 Å². The highest BCUT2D eigenvalue weighted by molar-refractivity contribution is 9.10. The number of thioether (sulfide) groups is 1. The van der Waals surface area contributed by atoms with E-state index in [0.717, 1.165) is 22.0 Å². The van der Waals surface area contributed by atoms with Gasteiger partial charge in [-0.3, -0.25) is 14.5 Å². The van der Waals surface area contributed by atoms with Crippen molar-refractivity contribution < 1.29 is 19.1 Å². The molecule has 0 N–H and O–H groups in total. The molecule has 1 saturated heterocycles. The standard InChI is InChI=1S/C24H23BrClNO4S2/c1-2-12-30-22(28)8-5-11-27-23(29)21(33-24(27)32)14-17-13-18(25)9-10-20(17)31-15-16-6-3-4-7-19(16)26/h3-4,6-7,9-10,13-14H,2,5,8,11-12,15H2,1H3/b21-14+. The molecular weight excluding hydrogens is 546 g/mol. The van der Waals surface area contributed by atoms with Gasteiger partial charge in [0.1, 0.15) is 16.7 Å². The van der Waals surface area contributed by atoms with Crippen LogP contribution in [0.5, 0.6) is 5.75 Å². The van der Waals surface area contributed by atoms with Crippen molar-refractivity contribution in [3.63, 3.8) is 0 Å². The Morgan fingerprint density at radius 3 is 2.82 bits per heavy atom. The second kappa shape index (κ2) is 12.6. The van der Waals surface area contributed by atoms with Gasteiger partial charge in [-0.2, -0.15) is 0 Å². The molecule has 2 aromatic rings. The lowest BCUT2D eigenvalue weighted by molar-refractivity contribution is -0.144. The van der Waals surface area contributed by atoms with Crippen LogP contribution in [0.25, 0.3) is 6.08 Å². The van der Waals surface area contributed by atoms with Gasteiger partial charge in [0.05, 0.1) is 11.5 Å². The predicted molar refractivity (Wildman–Crippen MR) is 140 cm³/mol. The first-order valence-corrected chi connectivity index (χ1v) is 12.9. The van der Waals surface area contributed by atoms with Gasteiger partial charge in [-0.25, -0.2) is 0 Å². The lowest BCUT2D eigenvalue weighted by atomic mass is 10.1. The number of halogens is 2. The summed E-state index contributed by atoms with van der Waals surface area (Å²) in [6, 6.07) is 13.1. The van der Waals surface area contributed by atoms with E-state index in [1.54, 1.807) is 6.08 Å². The van der Waals surface area contributed by atoms with E-state index >= 15 is 0 Å². The van der Waals surface area contributed by atoms with Gasteiger partial charge in [-0.05, 0) is 43.2 Å². The van der Waals surface area contributed by atoms with Crippen LogP contribution in [0.15, 0.2) is 51.8 Å². The maximum atomic E-state index is 13.0. The molecule has 9 heteroatoms. The molecule has 174 valence electrons. The van der Waals surface area contributed by atoms with E-state index in [0.29, 0.717) is 46.2 Å². The third-order valence-corrected chi connectivity index (χ3v) is 6.94. The number of carbonyl (C=O) groups excluding carboxylic acids is 2. The smallest absolute Gasteiger partial charge is 0.305 e. The number of amides is 1. The summed E-state index contributed by atoms with van der Waals surface area (Å²) in [5, 5.41) is 0.635. The fourth-order valence-electron chi connectivity index (χ4n) is 3.04. The van der Waals surface area contributed by atoms with E-state index in [4.69, 9.17) is 33.3 Å². The molecule has 0 unspecified atom stereocenters. The molecule has 0 aromatic heterocycles. The summed E-state index contributed by atoms with van der Waals surface area (Å²) in [7, 11) is 0. The molecule has 3 rings (SSSR count). The van der Waals surface area contributed by atoms with Crippen molar-refractivity contribution in [2.45, 2.75) is 32.8 Å². The summed E-state index contributed by atoms with van der Waals surface area (Å²) in [4.78, 5) is 26.7. The van der Waals surface area contributed by atoms with Crippen LogP contribution in [0.4, 0.5) is 0 Å². The number of esters is 1. The van der Waals surface area contributed by atoms with E-state index in [1.807, 2.05) is 49.4 Å². The quantitative estimate of drug-likeness (QED) is 0.182. The molecule has 0 radical (unpaired) electrons. The SMILES string of the molecule is CCCOC(=O)CCCN1C(=O)/C(=C\c2cc(Br)ccc2OCc2ccccc2Cl)SC1=S. The number of carbonyl (C=O) groups is 2. The zero-order valence-electron chi connectivity index (χ0n) is 18.0. The molecule has 1 aliphatic rings. The zero-order valence-corrected chi connectivity index (χ0v) is 22.0. The molecule has 0 bridgehead atoms. The number of ether oxygens (including phenoxy) is 2. The number of nitrogens with zero attached hydrogens (tertiary/aromatic N) is 1. The summed E-state index contributed by atoms with van der Waals surface area (Å²) in [5.41, 5.74) is 1.62. The lowest BCUT2D eigenvalue weighted by Gasteiger charge is -2.14. The molecule has 1 fully saturated rings. The molecule has 1 aliphatic heterocycles. The van der Waals surface area contributed by atoms with Crippen molar-refractivity contribution in [1.82, 2.24) is 4.90 Å². The molecule has 5 nitrogen and oxygen atoms in total. The van der Waals surface area contributed by atoms with E-state index in [1.165, 1.54) is 16.7 Å². The summed E-state index contributed by atoms with van der Waals surface area (Å²) in [6.07, 6.45) is 3.31. The van der Waals surface area contributed by atoms with Gasteiger partial charge >= 0.3 is 5.97 Å². The topological polar surface area (TPSA) is 55.8 Å². The fourth-order valence-corrected chi connectivity index (χ4v) is 4.91. The highest BCUT2D eigenvalue weighted by atomic mass is 79.9. The van der Waals surface area contributed by atoms with Crippen molar-refractivity contribution >= 4 is 73.8 Å². The van der Waals surface area contributed by atoms with Crippen LogP contribution < -0.4 is 4.74 Å². The minimum Gasteiger partial charge on any atom is -0.488 e. The third kappa shape index (κ3) is 7.30. The summed E-state index contributed by atoms with van der Waals surface area (Å²) in [6.45, 7) is 3.03. The second-order valence-electron chi connectivity index (χ2n) is 7.22. The van der Waals surface area contributed by atoms with E-state index in [2.05, 4.69) is 15.9 Å². The molecule has 0 spiro atoms. The summed E-state index contributed by atoms with van der Waals surface area (Å²) < 4.78 is 12.4. The maximum absolute atomic E-state index is 13.0. The fraction of sp³-hybridized carbons (Fsp3) is 0.292. The summed E-state index contributed by atoms with van der Waals surface area (Å²) >= 11 is 16.4. The largest absolute Gasteiger partial charge is 0.488 e. The number of rotatable bonds is 10. The molecule has 1 heterocycles. The average molecular weight is 569 g/mol. The van der Waals surface area contributed by atoms with Crippen molar-refractivity contribution in [2.24, 2.45) is 0 Å². The Morgan fingerprint density at radius 2 is 2.06 bits per heavy atom. The minimum atomic E-state index is -0.257. The number of hydrogen-bond acceptors (Lipinski definition) is 6. The Kier molecular flexibility index (Phi) is 9.79. The van der Waals surface area contributed by atoms with E-state index in [-0.39, 0.29) is 18.3 Å². The highest BCUT2D eigenvalue weighted by Crippen LogP contribution is 2.35. The summed E-state index contributed by atoms with van der Waals surface area (Å²) in [5.74, 6) is 0.193. The molecule has 0 atom stereocenters. The van der Waals surface area contributed by atoms with Crippen LogP contribution in [-0.4, -0.2) is 34.2 Å². The molecule has 33 heavy (non-hydrogen) atoms. The van der Waals surface area contributed by atoms with Crippen LogP contribution in [0.3, 0.4) is 0 Å². The maximum Gasteiger partial charge on any atom is 0.305 e. The van der Waals surface area contributed by atoms with Gasteiger partial charge in [0.15, 0.2) is 0 Å². The Bertz CT molecular complexity index is 1080. The molecule has 1 amide bonds. The Hall–Kier alpha value is -1.87. The zero-order chi connectivity index (χ0) is 23.8. The minimum absolute atomic E-state index is 0.177. The van der Waals surface area contributed by atoms with E-state index < -0.39 is 0 Å². The Balaban J connectivity index is 1.69. The second-order valence-corrected chi connectivity index (χ2v) is 10.2. The number of thiocarbonyl (C=S) groups is 1. The van der Waals surface area contributed by atoms with Crippen LogP contribution >= 0.6 is 51.5 Å². The van der Waals surface area contributed by atoms with Crippen LogP contribution in [0, 0.1) is 0 Å². The normalized spacial score (nSPS) is 14.8. The van der Waals surface area contributed by atoms with Gasteiger partial charge in [0.25, 0.3) is 5.91 Å². The molecule has 0 saturated carbocycles. The third-order valence-electron chi connectivity index (χ3n) is 4.70. The first kappa shape index (κ1) is 25.7. The van der Waals surface area contributed by atoms with Crippen molar-refractivity contribution in [3.8, 4) is 5.75 Å². The van der Waals surface area contributed by atoms with Crippen LogP contribution in [0.1, 0.15) is 37.3 Å². The van der Waals surface area contributed by atoms with Gasteiger partial charge in [-0.15, -0.1) is 0 Å². The van der Waals surface area contributed by atoms with Crippen molar-refractivity contribution in [3.05, 3.63) is 68.0 Å². The molecule has 0 aliphatic carbocycles. The molecule has 2 aromatic carbocycles. The van der Waals surface area contributed by atoms with Gasteiger partial charge in [0.2, 0.25) is 0 Å². The lowest BCUT2D eigenvalue weighted by Crippen LogP contribution is -2.29. The predicted octanol–water partition coefficient (Wildman–Crippen LogP) is 6.62. The van der Waals surface area contributed by atoms with Gasteiger partial charge in [0, 0.05) is 33.6 Å². The molecular formula is C24H23BrClNO4S2. The van der Waals surface area contributed by atoms with Crippen LogP contribution in [-0.2, 0) is 20.9 Å². The number of hydrogen-bond donors (Lipinski definition) is 0. The first-order chi connectivity index (χ1) is 15.9. The Morgan fingerprint density at radius 1 is 1.27 bits per heavy atom. The first-order valence-electron chi connectivity index (χ1n) is 10.5. The Labute approximate surface area is 216 Å². The van der Waals surface area contributed by atoms with E-state index in [9.17, 15) is 9.59 Å². The van der Waals surface area contributed by atoms with Crippen molar-refractivity contribution in [1.29, 1.82) is 0 Å². The van der Waals surface area contributed by atoms with Gasteiger partial charge in [-0.1, -0.05) is 76.6 Å².